The molecule has 0 unspecified atom stereocenters. The lowest BCUT2D eigenvalue weighted by atomic mass is 10.3. The molecule has 0 spiro atoms. The van der Waals surface area contributed by atoms with Gasteiger partial charge in [0.25, 0.3) is 5.69 Å². The lowest BCUT2D eigenvalue weighted by molar-refractivity contribution is -0.384. The third-order valence-electron chi connectivity index (χ3n) is 2.13. The zero-order valence-electron chi connectivity index (χ0n) is 10.0. The number of aromatic amines is 1. The molecule has 0 aliphatic carbocycles. The molecule has 0 radical (unpaired) electrons. The number of esters is 1. The molecule has 0 fully saturated rings. The van der Waals surface area contributed by atoms with E-state index in [1.165, 1.54) is 25.6 Å². The minimum Gasteiger partial charge on any atom is -0.469 e. The lowest BCUT2D eigenvalue weighted by Gasteiger charge is -1.89. The minimum absolute atomic E-state index is 0.0757. The van der Waals surface area contributed by atoms with Gasteiger partial charge in [0.05, 0.1) is 29.4 Å². The molecule has 0 amide bonds. The summed E-state index contributed by atoms with van der Waals surface area (Å²) in [7, 11) is 1.38. The third-order valence-corrected chi connectivity index (χ3v) is 2.13. The van der Waals surface area contributed by atoms with E-state index in [9.17, 15) is 14.9 Å². The summed E-state index contributed by atoms with van der Waals surface area (Å²) >= 11 is 0. The van der Waals surface area contributed by atoms with Crippen LogP contribution in [0.1, 0.15) is 13.3 Å². The van der Waals surface area contributed by atoms with Crippen LogP contribution in [0.5, 0.6) is 0 Å². The molecule has 1 N–H and O–H groups in total. The van der Waals surface area contributed by atoms with E-state index in [0.29, 0.717) is 11.9 Å². The molecular weight excluding hydrogens is 238 g/mol. The maximum atomic E-state index is 10.3. The number of ether oxygens (including phenoxy) is 1. The number of nitro groups is 1. The molecule has 0 aliphatic heterocycles. The van der Waals surface area contributed by atoms with Gasteiger partial charge in [-0.1, -0.05) is 6.92 Å². The number of aromatic nitrogens is 2. The van der Waals surface area contributed by atoms with Crippen LogP contribution in [0.2, 0.25) is 0 Å². The Balaban J connectivity index is 0.000000232. The molecular formula is C11H13N3O4. The first-order valence-electron chi connectivity index (χ1n) is 5.22. The first-order valence-corrected chi connectivity index (χ1v) is 5.22. The van der Waals surface area contributed by atoms with E-state index >= 15 is 0 Å². The van der Waals surface area contributed by atoms with Gasteiger partial charge in [0.1, 0.15) is 0 Å². The van der Waals surface area contributed by atoms with Crippen LogP contribution in [0.15, 0.2) is 24.5 Å². The van der Waals surface area contributed by atoms with Crippen molar-refractivity contribution in [2.75, 3.05) is 7.11 Å². The topological polar surface area (TPSA) is 98.1 Å². The Bertz CT molecular complexity index is 544. The fourth-order valence-electron chi connectivity index (χ4n) is 1.18. The fourth-order valence-corrected chi connectivity index (χ4v) is 1.18. The van der Waals surface area contributed by atoms with E-state index in [4.69, 9.17) is 0 Å². The Kier molecular flexibility index (Phi) is 4.79. The van der Waals surface area contributed by atoms with Crippen molar-refractivity contribution in [1.29, 1.82) is 0 Å². The summed E-state index contributed by atoms with van der Waals surface area (Å²) in [5.74, 6) is -0.157. The van der Waals surface area contributed by atoms with Crippen molar-refractivity contribution in [3.63, 3.8) is 0 Å². The Morgan fingerprint density at radius 3 is 2.78 bits per heavy atom. The highest BCUT2D eigenvalue weighted by molar-refractivity contribution is 5.76. The van der Waals surface area contributed by atoms with E-state index in [2.05, 4.69) is 14.7 Å². The van der Waals surface area contributed by atoms with Crippen molar-refractivity contribution in [2.24, 2.45) is 0 Å². The van der Waals surface area contributed by atoms with Gasteiger partial charge < -0.3 is 9.72 Å². The van der Waals surface area contributed by atoms with Crippen LogP contribution >= 0.6 is 0 Å². The van der Waals surface area contributed by atoms with Crippen LogP contribution in [-0.2, 0) is 9.53 Å². The molecule has 96 valence electrons. The van der Waals surface area contributed by atoms with Gasteiger partial charge in [0, 0.05) is 18.6 Å². The summed E-state index contributed by atoms with van der Waals surface area (Å²) in [4.78, 5) is 26.6. The highest BCUT2D eigenvalue weighted by Gasteiger charge is 2.05. The average molecular weight is 251 g/mol. The van der Waals surface area contributed by atoms with Gasteiger partial charge in [-0.3, -0.25) is 14.9 Å². The molecule has 0 atom stereocenters. The highest BCUT2D eigenvalue weighted by atomic mass is 16.6. The summed E-state index contributed by atoms with van der Waals surface area (Å²) in [5, 5.41) is 10.3. The molecule has 0 bridgehead atoms. The van der Waals surface area contributed by atoms with Gasteiger partial charge in [0.2, 0.25) is 0 Å². The predicted molar refractivity (Wildman–Crippen MR) is 65.1 cm³/mol. The predicted octanol–water partition coefficient (Wildman–Crippen LogP) is 2.04. The van der Waals surface area contributed by atoms with Crippen molar-refractivity contribution < 1.29 is 14.5 Å². The third kappa shape index (κ3) is 3.55. The number of fused-ring (bicyclic) bond motifs is 1. The quantitative estimate of drug-likeness (QED) is 0.500. The van der Waals surface area contributed by atoms with Crippen molar-refractivity contribution in [1.82, 2.24) is 9.97 Å². The number of nitro benzene ring substituents is 1. The lowest BCUT2D eigenvalue weighted by Crippen LogP contribution is -1.94. The zero-order chi connectivity index (χ0) is 13.5. The van der Waals surface area contributed by atoms with Crippen LogP contribution < -0.4 is 0 Å². The monoisotopic (exact) mass is 251 g/mol. The molecule has 2 rings (SSSR count). The Morgan fingerprint density at radius 2 is 2.28 bits per heavy atom. The molecule has 0 saturated heterocycles. The summed E-state index contributed by atoms with van der Waals surface area (Å²) in [5.41, 5.74) is 1.50. The van der Waals surface area contributed by atoms with E-state index in [0.717, 1.165) is 5.52 Å². The van der Waals surface area contributed by atoms with Crippen LogP contribution in [0.25, 0.3) is 11.0 Å². The van der Waals surface area contributed by atoms with Crippen molar-refractivity contribution >= 4 is 22.7 Å². The number of imidazole rings is 1. The first-order chi connectivity index (χ1) is 8.58. The van der Waals surface area contributed by atoms with Gasteiger partial charge in [-0.15, -0.1) is 0 Å². The van der Waals surface area contributed by atoms with E-state index in [1.54, 1.807) is 13.0 Å². The number of carbonyl (C=O) groups is 1. The number of hydrogen-bond donors (Lipinski definition) is 1. The zero-order valence-corrected chi connectivity index (χ0v) is 10.0. The fraction of sp³-hybridized carbons (Fsp3) is 0.273. The van der Waals surface area contributed by atoms with Crippen molar-refractivity contribution in [3.8, 4) is 0 Å². The van der Waals surface area contributed by atoms with E-state index < -0.39 is 4.92 Å². The first kappa shape index (κ1) is 13.6. The Hall–Kier alpha value is -2.44. The van der Waals surface area contributed by atoms with Crippen LogP contribution in [0.4, 0.5) is 5.69 Å². The number of nitrogens with one attached hydrogen (secondary N) is 1. The average Bonchev–Trinajstić information content (AvgIpc) is 2.85. The number of benzene rings is 1. The number of non-ortho nitro benzene ring substituents is 1. The van der Waals surface area contributed by atoms with E-state index in [1.807, 2.05) is 0 Å². The van der Waals surface area contributed by atoms with Crippen LogP contribution in [0, 0.1) is 10.1 Å². The number of carbonyl (C=O) groups excluding carboxylic acids is 1. The maximum absolute atomic E-state index is 10.3. The van der Waals surface area contributed by atoms with Crippen molar-refractivity contribution in [3.05, 3.63) is 34.6 Å². The summed E-state index contributed by atoms with van der Waals surface area (Å²) in [6.45, 7) is 1.76. The summed E-state index contributed by atoms with van der Waals surface area (Å²) in [6.07, 6.45) is 1.98. The molecule has 0 aliphatic rings. The molecule has 7 heteroatoms. The normalized spacial score (nSPS) is 9.44. The van der Waals surface area contributed by atoms with Crippen LogP contribution in [0.3, 0.4) is 0 Å². The Labute approximate surface area is 103 Å². The Morgan fingerprint density at radius 1 is 1.56 bits per heavy atom. The van der Waals surface area contributed by atoms with Crippen molar-refractivity contribution in [2.45, 2.75) is 13.3 Å². The van der Waals surface area contributed by atoms with Gasteiger partial charge >= 0.3 is 5.97 Å². The number of H-pyrrole nitrogens is 1. The van der Waals surface area contributed by atoms with Gasteiger partial charge in [-0.25, -0.2) is 4.98 Å². The van der Waals surface area contributed by atoms with Gasteiger partial charge in [-0.2, -0.15) is 0 Å². The number of methoxy groups -OCH3 is 1. The molecule has 18 heavy (non-hydrogen) atoms. The highest BCUT2D eigenvalue weighted by Crippen LogP contribution is 2.16. The standard InChI is InChI=1S/C7H5N3O2.C4H8O2/c11-10(12)5-1-2-6-7(3-5)9-4-8-6;1-3-4(5)6-2/h1-4H,(H,8,9);3H2,1-2H3. The smallest absolute Gasteiger partial charge is 0.305 e. The second-order valence-electron chi connectivity index (χ2n) is 3.29. The number of nitrogens with zero attached hydrogens (tertiary/aromatic N) is 2. The molecule has 7 nitrogen and oxygen atoms in total. The second-order valence-corrected chi connectivity index (χ2v) is 3.29. The molecule has 1 aromatic carbocycles. The maximum Gasteiger partial charge on any atom is 0.305 e. The SMILES string of the molecule is CCC(=O)OC.O=[N+]([O-])c1ccc2nc[nH]c2c1. The summed E-state index contributed by atoms with van der Waals surface area (Å²) in [6, 6.07) is 4.51. The second kappa shape index (κ2) is 6.33. The molecule has 1 aromatic heterocycles. The molecule has 2 aromatic rings. The minimum atomic E-state index is -0.430. The van der Waals surface area contributed by atoms with Gasteiger partial charge in [0.15, 0.2) is 0 Å². The van der Waals surface area contributed by atoms with Crippen LogP contribution in [-0.4, -0.2) is 28.0 Å². The molecule has 0 saturated carbocycles. The largest absolute Gasteiger partial charge is 0.469 e. The number of rotatable bonds is 2. The number of hydrogen-bond acceptors (Lipinski definition) is 5. The summed E-state index contributed by atoms with van der Waals surface area (Å²) < 4.78 is 4.26. The van der Waals surface area contributed by atoms with E-state index in [-0.39, 0.29) is 11.7 Å². The van der Waals surface area contributed by atoms with Gasteiger partial charge in [-0.05, 0) is 6.07 Å². The molecule has 1 heterocycles.